The highest BCUT2D eigenvalue weighted by molar-refractivity contribution is 6.29. The summed E-state index contributed by atoms with van der Waals surface area (Å²) in [7, 11) is 1.56. The van der Waals surface area contributed by atoms with Gasteiger partial charge in [-0.15, -0.1) is 0 Å². The van der Waals surface area contributed by atoms with Crippen molar-refractivity contribution in [1.29, 1.82) is 0 Å². The monoisotopic (exact) mass is 278 g/mol. The van der Waals surface area contributed by atoms with Crippen LogP contribution in [0.25, 0.3) is 0 Å². The number of ether oxygens (including phenoxy) is 1. The minimum absolute atomic E-state index is 0.100. The lowest BCUT2D eigenvalue weighted by Crippen LogP contribution is -2.08. The van der Waals surface area contributed by atoms with E-state index in [1.807, 2.05) is 25.1 Å². The third-order valence-electron chi connectivity index (χ3n) is 2.78. The maximum Gasteiger partial charge on any atom is 0.131 e. The molecule has 1 atom stereocenters. The van der Waals surface area contributed by atoms with Gasteiger partial charge in [-0.2, -0.15) is 0 Å². The minimum Gasteiger partial charge on any atom is -0.507 e. The van der Waals surface area contributed by atoms with Crippen molar-refractivity contribution in [3.8, 4) is 11.5 Å². The van der Waals surface area contributed by atoms with Gasteiger partial charge in [0.1, 0.15) is 22.5 Å². The zero-order chi connectivity index (χ0) is 13.8. The SMILES string of the molecule is COc1ccc(C(C)Nc2cccc(Cl)n2)c(O)c1. The van der Waals surface area contributed by atoms with Gasteiger partial charge < -0.3 is 15.2 Å². The normalized spacial score (nSPS) is 11.9. The van der Waals surface area contributed by atoms with E-state index in [1.54, 1.807) is 25.3 Å². The molecule has 0 aliphatic carbocycles. The Labute approximate surface area is 117 Å². The van der Waals surface area contributed by atoms with Crippen LogP contribution in [-0.4, -0.2) is 17.2 Å². The highest BCUT2D eigenvalue weighted by Gasteiger charge is 2.11. The molecule has 1 heterocycles. The Hall–Kier alpha value is -1.94. The van der Waals surface area contributed by atoms with Crippen molar-refractivity contribution in [3.63, 3.8) is 0 Å². The first-order chi connectivity index (χ1) is 9.10. The number of phenolic OH excluding ortho intramolecular Hbond substituents is 1. The molecule has 0 aliphatic heterocycles. The fraction of sp³-hybridized carbons (Fsp3) is 0.214. The van der Waals surface area contributed by atoms with Gasteiger partial charge in [0, 0.05) is 11.6 Å². The van der Waals surface area contributed by atoms with Gasteiger partial charge >= 0.3 is 0 Å². The van der Waals surface area contributed by atoms with Crippen LogP contribution in [0.2, 0.25) is 5.15 Å². The third kappa shape index (κ3) is 3.29. The molecule has 0 aliphatic rings. The standard InChI is InChI=1S/C14H15ClN2O2/c1-9(16-14-5-3-4-13(15)17-14)11-7-6-10(19-2)8-12(11)18/h3-9,18H,1-2H3,(H,16,17). The fourth-order valence-corrected chi connectivity index (χ4v) is 1.97. The molecule has 0 bridgehead atoms. The molecule has 19 heavy (non-hydrogen) atoms. The predicted molar refractivity (Wildman–Crippen MR) is 75.9 cm³/mol. The molecule has 2 N–H and O–H groups in total. The predicted octanol–water partition coefficient (Wildman–Crippen LogP) is 3.62. The van der Waals surface area contributed by atoms with E-state index in [2.05, 4.69) is 10.3 Å². The number of methoxy groups -OCH3 is 1. The summed E-state index contributed by atoms with van der Waals surface area (Å²) in [6, 6.07) is 10.5. The first-order valence-corrected chi connectivity index (χ1v) is 6.24. The van der Waals surface area contributed by atoms with Gasteiger partial charge in [-0.25, -0.2) is 4.98 Å². The quantitative estimate of drug-likeness (QED) is 0.839. The van der Waals surface area contributed by atoms with Gasteiger partial charge in [-0.05, 0) is 31.2 Å². The first kappa shape index (κ1) is 13.5. The Morgan fingerprint density at radius 2 is 2.11 bits per heavy atom. The van der Waals surface area contributed by atoms with Crippen LogP contribution in [0.1, 0.15) is 18.5 Å². The first-order valence-electron chi connectivity index (χ1n) is 5.86. The van der Waals surface area contributed by atoms with E-state index < -0.39 is 0 Å². The highest BCUT2D eigenvalue weighted by Crippen LogP contribution is 2.30. The number of benzene rings is 1. The summed E-state index contributed by atoms with van der Waals surface area (Å²) in [6.45, 7) is 1.93. The van der Waals surface area contributed by atoms with E-state index in [1.165, 1.54) is 0 Å². The van der Waals surface area contributed by atoms with Crippen LogP contribution in [0.15, 0.2) is 36.4 Å². The fourth-order valence-electron chi connectivity index (χ4n) is 1.80. The molecule has 0 spiro atoms. The molecule has 1 aromatic heterocycles. The number of hydrogen-bond donors (Lipinski definition) is 2. The number of nitrogens with zero attached hydrogens (tertiary/aromatic N) is 1. The van der Waals surface area contributed by atoms with E-state index in [-0.39, 0.29) is 11.8 Å². The van der Waals surface area contributed by atoms with Crippen LogP contribution in [0.5, 0.6) is 11.5 Å². The van der Waals surface area contributed by atoms with Crippen molar-refractivity contribution in [2.24, 2.45) is 0 Å². The van der Waals surface area contributed by atoms with E-state index >= 15 is 0 Å². The Balaban J connectivity index is 2.18. The average Bonchev–Trinajstić information content (AvgIpc) is 2.38. The Morgan fingerprint density at radius 1 is 1.32 bits per heavy atom. The lowest BCUT2D eigenvalue weighted by Gasteiger charge is -2.16. The number of pyridine rings is 1. The van der Waals surface area contributed by atoms with E-state index in [0.29, 0.717) is 16.7 Å². The third-order valence-corrected chi connectivity index (χ3v) is 2.99. The summed E-state index contributed by atoms with van der Waals surface area (Å²) in [5, 5.41) is 13.6. The molecule has 0 radical (unpaired) electrons. The van der Waals surface area contributed by atoms with E-state index in [9.17, 15) is 5.11 Å². The Morgan fingerprint density at radius 3 is 2.74 bits per heavy atom. The van der Waals surface area contributed by atoms with Crippen molar-refractivity contribution >= 4 is 17.4 Å². The summed E-state index contributed by atoms with van der Waals surface area (Å²) in [6.07, 6.45) is 0. The van der Waals surface area contributed by atoms with Gasteiger partial charge in [0.2, 0.25) is 0 Å². The van der Waals surface area contributed by atoms with Gasteiger partial charge in [0.25, 0.3) is 0 Å². The summed E-state index contributed by atoms with van der Waals surface area (Å²) < 4.78 is 5.05. The van der Waals surface area contributed by atoms with Crippen LogP contribution in [0.3, 0.4) is 0 Å². The van der Waals surface area contributed by atoms with Crippen LogP contribution in [-0.2, 0) is 0 Å². The molecule has 5 heteroatoms. The number of aromatic nitrogens is 1. The van der Waals surface area contributed by atoms with Crippen LogP contribution < -0.4 is 10.1 Å². The largest absolute Gasteiger partial charge is 0.507 e. The number of anilines is 1. The summed E-state index contributed by atoms with van der Waals surface area (Å²) in [4.78, 5) is 4.15. The lowest BCUT2D eigenvalue weighted by atomic mass is 10.1. The Bertz CT molecular complexity index is 575. The minimum atomic E-state index is -0.100. The van der Waals surface area contributed by atoms with Gasteiger partial charge in [-0.3, -0.25) is 0 Å². The molecule has 2 rings (SSSR count). The topological polar surface area (TPSA) is 54.4 Å². The second kappa shape index (κ2) is 5.80. The molecule has 2 aromatic rings. The molecule has 0 amide bonds. The summed E-state index contributed by atoms with van der Waals surface area (Å²) in [5.74, 6) is 1.46. The second-order valence-electron chi connectivity index (χ2n) is 4.14. The smallest absolute Gasteiger partial charge is 0.131 e. The van der Waals surface area contributed by atoms with Crippen molar-refractivity contribution in [3.05, 3.63) is 47.1 Å². The number of rotatable bonds is 4. The van der Waals surface area contributed by atoms with Gasteiger partial charge in [-0.1, -0.05) is 17.7 Å². The molecule has 0 saturated carbocycles. The van der Waals surface area contributed by atoms with Gasteiger partial charge in [0.05, 0.1) is 13.2 Å². The number of nitrogens with one attached hydrogen (secondary N) is 1. The summed E-state index contributed by atoms with van der Waals surface area (Å²) in [5.41, 5.74) is 0.766. The van der Waals surface area contributed by atoms with Gasteiger partial charge in [0.15, 0.2) is 0 Å². The molecular weight excluding hydrogens is 264 g/mol. The van der Waals surface area contributed by atoms with Crippen molar-refractivity contribution < 1.29 is 9.84 Å². The molecule has 1 unspecified atom stereocenters. The molecular formula is C14H15ClN2O2. The Kier molecular flexibility index (Phi) is 4.12. The molecule has 0 fully saturated rings. The molecule has 0 saturated heterocycles. The zero-order valence-electron chi connectivity index (χ0n) is 10.7. The number of hydrogen-bond acceptors (Lipinski definition) is 4. The van der Waals surface area contributed by atoms with Crippen molar-refractivity contribution in [1.82, 2.24) is 4.98 Å². The van der Waals surface area contributed by atoms with Crippen molar-refractivity contribution in [2.45, 2.75) is 13.0 Å². The van der Waals surface area contributed by atoms with Crippen LogP contribution in [0, 0.1) is 0 Å². The second-order valence-corrected chi connectivity index (χ2v) is 4.52. The molecule has 100 valence electrons. The van der Waals surface area contributed by atoms with Crippen LogP contribution in [0.4, 0.5) is 5.82 Å². The maximum absolute atomic E-state index is 9.96. The van der Waals surface area contributed by atoms with E-state index in [0.717, 1.165) is 5.56 Å². The number of halogens is 1. The molecule has 4 nitrogen and oxygen atoms in total. The number of phenols is 1. The number of aromatic hydroxyl groups is 1. The average molecular weight is 279 g/mol. The molecule has 1 aromatic carbocycles. The van der Waals surface area contributed by atoms with E-state index in [4.69, 9.17) is 16.3 Å². The zero-order valence-corrected chi connectivity index (χ0v) is 11.5. The maximum atomic E-state index is 9.96. The summed E-state index contributed by atoms with van der Waals surface area (Å²) >= 11 is 5.83. The highest BCUT2D eigenvalue weighted by atomic mass is 35.5. The van der Waals surface area contributed by atoms with Crippen LogP contribution >= 0.6 is 11.6 Å². The van der Waals surface area contributed by atoms with Crippen molar-refractivity contribution in [2.75, 3.05) is 12.4 Å². The lowest BCUT2D eigenvalue weighted by molar-refractivity contribution is 0.406.